The lowest BCUT2D eigenvalue weighted by atomic mass is 10.0. The van der Waals surface area contributed by atoms with Gasteiger partial charge in [0.25, 0.3) is 0 Å². The van der Waals surface area contributed by atoms with Crippen molar-refractivity contribution >= 4 is 11.8 Å². The Morgan fingerprint density at radius 3 is 2.83 bits per heavy atom. The molecule has 0 radical (unpaired) electrons. The number of nitrogens with one attached hydrogen (secondary N) is 1. The summed E-state index contributed by atoms with van der Waals surface area (Å²) in [6.07, 6.45) is 1.39. The van der Waals surface area contributed by atoms with Gasteiger partial charge in [0, 0.05) is 5.56 Å². The summed E-state index contributed by atoms with van der Waals surface area (Å²) in [5.41, 5.74) is 6.08. The average molecular weight is 251 g/mol. The summed E-state index contributed by atoms with van der Waals surface area (Å²) in [6.45, 7) is 0. The lowest BCUT2D eigenvalue weighted by Crippen LogP contribution is -2.03. The standard InChI is InChI=1S/C11H10FN3O3/c1-18-11(17)6-2-5(3-8(12)9(6)16)7-4-14-15-10(7)13/h2-4,16H,1H3,(H3,13,14,15). The van der Waals surface area contributed by atoms with Crippen molar-refractivity contribution in [3.05, 3.63) is 29.7 Å². The normalized spacial score (nSPS) is 10.3. The maximum absolute atomic E-state index is 13.5. The molecule has 0 fully saturated rings. The number of aromatic amines is 1. The molecule has 94 valence electrons. The molecule has 0 spiro atoms. The van der Waals surface area contributed by atoms with Crippen molar-refractivity contribution < 1.29 is 19.0 Å². The molecule has 0 bridgehead atoms. The van der Waals surface area contributed by atoms with Gasteiger partial charge >= 0.3 is 5.97 Å². The third-order valence-electron chi connectivity index (χ3n) is 2.45. The largest absolute Gasteiger partial charge is 0.504 e. The fourth-order valence-corrected chi connectivity index (χ4v) is 1.55. The van der Waals surface area contributed by atoms with Crippen molar-refractivity contribution in [3.8, 4) is 16.9 Å². The molecule has 0 aliphatic rings. The van der Waals surface area contributed by atoms with E-state index in [9.17, 15) is 14.3 Å². The Morgan fingerprint density at radius 2 is 2.28 bits per heavy atom. The number of halogens is 1. The first kappa shape index (κ1) is 11.9. The zero-order chi connectivity index (χ0) is 13.3. The van der Waals surface area contributed by atoms with Crippen LogP contribution in [0.5, 0.6) is 5.75 Å². The van der Waals surface area contributed by atoms with E-state index in [2.05, 4.69) is 14.9 Å². The number of nitrogens with zero attached hydrogens (tertiary/aromatic N) is 1. The number of hydrogen-bond donors (Lipinski definition) is 3. The highest BCUT2D eigenvalue weighted by molar-refractivity contribution is 5.94. The minimum absolute atomic E-state index is 0.232. The average Bonchev–Trinajstić information content (AvgIpc) is 2.78. The molecule has 2 rings (SSSR count). The number of ether oxygens (including phenoxy) is 1. The second-order valence-electron chi connectivity index (χ2n) is 3.54. The number of hydrogen-bond acceptors (Lipinski definition) is 5. The number of anilines is 1. The first-order valence-corrected chi connectivity index (χ1v) is 4.94. The van der Waals surface area contributed by atoms with Gasteiger partial charge < -0.3 is 15.6 Å². The summed E-state index contributed by atoms with van der Waals surface area (Å²) in [6, 6.07) is 2.34. The molecule has 6 nitrogen and oxygen atoms in total. The summed E-state index contributed by atoms with van der Waals surface area (Å²) in [5.74, 6) is -2.30. The Labute approximate surface area is 101 Å². The SMILES string of the molecule is COC(=O)c1cc(-c2cn[nH]c2N)cc(F)c1O. The maximum atomic E-state index is 13.5. The number of H-pyrrole nitrogens is 1. The molecule has 0 atom stereocenters. The van der Waals surface area contributed by atoms with Crippen LogP contribution in [0.15, 0.2) is 18.3 Å². The van der Waals surface area contributed by atoms with Gasteiger partial charge in [0.05, 0.1) is 13.3 Å². The number of benzene rings is 1. The molecule has 18 heavy (non-hydrogen) atoms. The van der Waals surface area contributed by atoms with Crippen LogP contribution in [0.1, 0.15) is 10.4 Å². The van der Waals surface area contributed by atoms with Gasteiger partial charge in [-0.2, -0.15) is 5.10 Å². The van der Waals surface area contributed by atoms with Crippen LogP contribution < -0.4 is 5.73 Å². The summed E-state index contributed by atoms with van der Waals surface area (Å²) >= 11 is 0. The van der Waals surface area contributed by atoms with Crippen LogP contribution in [0.25, 0.3) is 11.1 Å². The molecule has 0 unspecified atom stereocenters. The van der Waals surface area contributed by atoms with Crippen LogP contribution in [0.4, 0.5) is 10.2 Å². The van der Waals surface area contributed by atoms with Crippen molar-refractivity contribution in [2.24, 2.45) is 0 Å². The molecule has 4 N–H and O–H groups in total. The van der Waals surface area contributed by atoms with Crippen molar-refractivity contribution in [1.82, 2.24) is 10.2 Å². The number of carbonyl (C=O) groups excluding carboxylic acids is 1. The second-order valence-corrected chi connectivity index (χ2v) is 3.54. The van der Waals surface area contributed by atoms with E-state index in [1.807, 2.05) is 0 Å². The Hall–Kier alpha value is -2.57. The van der Waals surface area contributed by atoms with Crippen LogP contribution in [-0.4, -0.2) is 28.4 Å². The van der Waals surface area contributed by atoms with Crippen LogP contribution in [0, 0.1) is 5.82 Å². The van der Waals surface area contributed by atoms with Crippen molar-refractivity contribution in [1.29, 1.82) is 0 Å². The van der Waals surface area contributed by atoms with E-state index < -0.39 is 17.5 Å². The van der Waals surface area contributed by atoms with Gasteiger partial charge in [0.1, 0.15) is 11.4 Å². The predicted octanol–water partition coefficient (Wildman–Crippen LogP) is 1.29. The van der Waals surface area contributed by atoms with Crippen molar-refractivity contribution in [3.63, 3.8) is 0 Å². The number of methoxy groups -OCH3 is 1. The highest BCUT2D eigenvalue weighted by Crippen LogP contribution is 2.31. The first-order chi connectivity index (χ1) is 8.54. The minimum atomic E-state index is -0.937. The number of nitrogen functional groups attached to an aromatic ring is 1. The maximum Gasteiger partial charge on any atom is 0.341 e. The van der Waals surface area contributed by atoms with Gasteiger partial charge in [0.2, 0.25) is 0 Å². The Kier molecular flexibility index (Phi) is 2.88. The molecule has 0 aliphatic carbocycles. The second kappa shape index (κ2) is 4.36. The number of rotatable bonds is 2. The number of phenolic OH excluding ortho intramolecular Hbond substituents is 1. The van der Waals surface area contributed by atoms with Gasteiger partial charge in [-0.25, -0.2) is 9.18 Å². The summed E-state index contributed by atoms with van der Waals surface area (Å²) < 4.78 is 18.0. The van der Waals surface area contributed by atoms with Crippen LogP contribution in [0.3, 0.4) is 0 Å². The van der Waals surface area contributed by atoms with E-state index >= 15 is 0 Å². The van der Waals surface area contributed by atoms with Crippen LogP contribution in [-0.2, 0) is 4.74 Å². The fraction of sp³-hybridized carbons (Fsp3) is 0.0909. The number of aromatic hydroxyl groups is 1. The number of carbonyl (C=O) groups is 1. The molecular formula is C11H10FN3O3. The summed E-state index contributed by atoms with van der Waals surface area (Å²) in [7, 11) is 1.14. The molecule has 0 amide bonds. The van der Waals surface area contributed by atoms with E-state index in [0.717, 1.165) is 13.2 Å². The zero-order valence-electron chi connectivity index (χ0n) is 9.40. The van der Waals surface area contributed by atoms with Gasteiger partial charge in [-0.05, 0) is 17.7 Å². The van der Waals surface area contributed by atoms with Crippen LogP contribution >= 0.6 is 0 Å². The monoisotopic (exact) mass is 251 g/mol. The molecule has 0 saturated heterocycles. The zero-order valence-corrected chi connectivity index (χ0v) is 9.40. The van der Waals surface area contributed by atoms with Gasteiger partial charge in [0.15, 0.2) is 11.6 Å². The molecule has 1 aromatic carbocycles. The molecule has 2 aromatic rings. The number of aromatic nitrogens is 2. The van der Waals surface area contributed by atoms with E-state index in [0.29, 0.717) is 11.1 Å². The van der Waals surface area contributed by atoms with Crippen LogP contribution in [0.2, 0.25) is 0 Å². The fourth-order valence-electron chi connectivity index (χ4n) is 1.55. The molecule has 0 aliphatic heterocycles. The Balaban J connectivity index is 2.61. The van der Waals surface area contributed by atoms with Crippen molar-refractivity contribution in [2.45, 2.75) is 0 Å². The predicted molar refractivity (Wildman–Crippen MR) is 61.4 cm³/mol. The lowest BCUT2D eigenvalue weighted by molar-refractivity contribution is 0.0596. The third-order valence-corrected chi connectivity index (χ3v) is 2.45. The van der Waals surface area contributed by atoms with E-state index in [1.165, 1.54) is 12.3 Å². The topological polar surface area (TPSA) is 101 Å². The number of nitrogens with two attached hydrogens (primary N) is 1. The molecule has 0 saturated carbocycles. The molecule has 1 aromatic heterocycles. The molecular weight excluding hydrogens is 241 g/mol. The Bertz CT molecular complexity index is 610. The highest BCUT2D eigenvalue weighted by atomic mass is 19.1. The van der Waals surface area contributed by atoms with E-state index in [4.69, 9.17) is 5.73 Å². The quantitative estimate of drug-likeness (QED) is 0.698. The van der Waals surface area contributed by atoms with Gasteiger partial charge in [-0.1, -0.05) is 0 Å². The van der Waals surface area contributed by atoms with Gasteiger partial charge in [-0.15, -0.1) is 0 Å². The smallest absolute Gasteiger partial charge is 0.341 e. The molecule has 7 heteroatoms. The Morgan fingerprint density at radius 1 is 1.56 bits per heavy atom. The summed E-state index contributed by atoms with van der Waals surface area (Å²) in [5, 5.41) is 15.6. The third kappa shape index (κ3) is 1.86. The number of phenols is 1. The highest BCUT2D eigenvalue weighted by Gasteiger charge is 2.18. The minimum Gasteiger partial charge on any atom is -0.504 e. The van der Waals surface area contributed by atoms with E-state index in [-0.39, 0.29) is 11.4 Å². The van der Waals surface area contributed by atoms with Gasteiger partial charge in [-0.3, -0.25) is 5.10 Å². The summed E-state index contributed by atoms with van der Waals surface area (Å²) in [4.78, 5) is 11.4. The van der Waals surface area contributed by atoms with Crippen molar-refractivity contribution in [2.75, 3.05) is 12.8 Å². The molecule has 1 heterocycles. The first-order valence-electron chi connectivity index (χ1n) is 4.94. The number of esters is 1. The van der Waals surface area contributed by atoms with E-state index in [1.54, 1.807) is 0 Å². The lowest BCUT2D eigenvalue weighted by Gasteiger charge is -2.07.